The van der Waals surface area contributed by atoms with Crippen LogP contribution in [0.4, 0.5) is 11.5 Å². The first-order chi connectivity index (χ1) is 11.0. The summed E-state index contributed by atoms with van der Waals surface area (Å²) in [5.74, 6) is -0.988. The first-order valence-electron chi connectivity index (χ1n) is 7.52. The summed E-state index contributed by atoms with van der Waals surface area (Å²) in [5.41, 5.74) is 1.53. The van der Waals surface area contributed by atoms with E-state index < -0.39 is 18.1 Å². The quantitative estimate of drug-likeness (QED) is 0.878. The van der Waals surface area contributed by atoms with Crippen molar-refractivity contribution >= 4 is 17.5 Å². The molecule has 23 heavy (non-hydrogen) atoms. The Balaban J connectivity index is 0.00000127. The van der Waals surface area contributed by atoms with Gasteiger partial charge in [-0.25, -0.2) is 4.98 Å². The van der Waals surface area contributed by atoms with Crippen molar-refractivity contribution in [1.82, 2.24) is 14.5 Å². The number of aliphatic carboxylic acids is 1. The number of pyridine rings is 1. The molecular weight excluding hydrogens is 296 g/mol. The van der Waals surface area contributed by atoms with Gasteiger partial charge in [0, 0.05) is 18.1 Å². The smallest absolute Gasteiger partial charge is 0.323 e. The summed E-state index contributed by atoms with van der Waals surface area (Å²) in [6.07, 6.45) is 3.85. The number of anilines is 2. The van der Waals surface area contributed by atoms with Gasteiger partial charge in [0.1, 0.15) is 6.54 Å². The highest BCUT2D eigenvalue weighted by atomic mass is 16.4. The standard InChI is InChI=1S/C14H16N4O3.C2H6/c1-3-10-11(5-4-6-15-10)17-13-14(21)18(8-12(19)20)9(2)7-16-13;1-2/h4-7H,3,8H2,1-2H3,(H,16,17)(H,19,20);1-2H3. The fourth-order valence-corrected chi connectivity index (χ4v) is 1.95. The number of carbonyl (C=O) groups is 1. The Labute approximate surface area is 135 Å². The highest BCUT2D eigenvalue weighted by Crippen LogP contribution is 2.16. The van der Waals surface area contributed by atoms with Crippen molar-refractivity contribution in [2.45, 2.75) is 40.7 Å². The number of aryl methyl sites for hydroxylation is 2. The molecule has 0 amide bonds. The number of rotatable bonds is 5. The van der Waals surface area contributed by atoms with Crippen molar-refractivity contribution in [1.29, 1.82) is 0 Å². The predicted molar refractivity (Wildman–Crippen MR) is 89.1 cm³/mol. The molecule has 0 unspecified atom stereocenters. The number of carboxylic acid groups (broad SMARTS) is 1. The average molecular weight is 318 g/mol. The minimum Gasteiger partial charge on any atom is -0.480 e. The Morgan fingerprint density at radius 1 is 1.35 bits per heavy atom. The largest absolute Gasteiger partial charge is 0.480 e. The lowest BCUT2D eigenvalue weighted by atomic mass is 10.2. The van der Waals surface area contributed by atoms with Crippen LogP contribution in [0, 0.1) is 6.92 Å². The van der Waals surface area contributed by atoms with Gasteiger partial charge in [0.2, 0.25) is 0 Å². The molecule has 7 nitrogen and oxygen atoms in total. The predicted octanol–water partition coefficient (Wildman–Crippen LogP) is 2.36. The third-order valence-corrected chi connectivity index (χ3v) is 3.03. The maximum Gasteiger partial charge on any atom is 0.323 e. The van der Waals surface area contributed by atoms with Gasteiger partial charge < -0.3 is 10.4 Å². The molecule has 0 bridgehead atoms. The molecule has 2 rings (SSSR count). The zero-order valence-electron chi connectivity index (χ0n) is 13.8. The molecule has 0 spiro atoms. The zero-order valence-corrected chi connectivity index (χ0v) is 13.8. The molecule has 0 atom stereocenters. The number of nitrogens with one attached hydrogen (secondary N) is 1. The molecule has 2 aromatic heterocycles. The summed E-state index contributed by atoms with van der Waals surface area (Å²) in [6, 6.07) is 3.56. The third-order valence-electron chi connectivity index (χ3n) is 3.03. The minimum atomic E-state index is -1.08. The van der Waals surface area contributed by atoms with Crippen LogP contribution in [0.25, 0.3) is 0 Å². The summed E-state index contributed by atoms with van der Waals surface area (Å²) in [4.78, 5) is 31.4. The fourth-order valence-electron chi connectivity index (χ4n) is 1.95. The lowest BCUT2D eigenvalue weighted by molar-refractivity contribution is -0.137. The van der Waals surface area contributed by atoms with Crippen molar-refractivity contribution in [3.05, 3.63) is 46.3 Å². The monoisotopic (exact) mass is 318 g/mol. The second-order valence-electron chi connectivity index (χ2n) is 4.51. The summed E-state index contributed by atoms with van der Waals surface area (Å²) in [5, 5.41) is 11.8. The van der Waals surface area contributed by atoms with Crippen LogP contribution in [0.2, 0.25) is 0 Å². The van der Waals surface area contributed by atoms with E-state index in [1.54, 1.807) is 25.3 Å². The molecule has 2 N–H and O–H groups in total. The normalized spacial score (nSPS) is 9.74. The molecule has 0 aliphatic carbocycles. The van der Waals surface area contributed by atoms with E-state index >= 15 is 0 Å². The van der Waals surface area contributed by atoms with Gasteiger partial charge >= 0.3 is 5.97 Å². The first-order valence-corrected chi connectivity index (χ1v) is 7.52. The van der Waals surface area contributed by atoms with E-state index in [0.29, 0.717) is 17.8 Å². The van der Waals surface area contributed by atoms with Crippen LogP contribution in [0.3, 0.4) is 0 Å². The van der Waals surface area contributed by atoms with Gasteiger partial charge in [0.25, 0.3) is 5.56 Å². The van der Waals surface area contributed by atoms with Crippen LogP contribution in [-0.2, 0) is 17.8 Å². The average Bonchev–Trinajstić information content (AvgIpc) is 2.56. The van der Waals surface area contributed by atoms with E-state index in [4.69, 9.17) is 5.11 Å². The SMILES string of the molecule is CC.CCc1ncccc1Nc1ncc(C)n(CC(=O)O)c1=O. The molecule has 0 fully saturated rings. The molecule has 124 valence electrons. The fraction of sp³-hybridized carbons (Fsp3) is 0.375. The Bertz CT molecular complexity index is 726. The maximum absolute atomic E-state index is 12.3. The number of hydrogen-bond donors (Lipinski definition) is 2. The molecule has 0 radical (unpaired) electrons. The third kappa shape index (κ3) is 4.64. The first kappa shape index (κ1) is 18.3. The Morgan fingerprint density at radius 3 is 2.65 bits per heavy atom. The van der Waals surface area contributed by atoms with Gasteiger partial charge in [0.05, 0.1) is 11.4 Å². The number of aromatic nitrogens is 3. The minimum absolute atomic E-state index is 0.0875. The second-order valence-corrected chi connectivity index (χ2v) is 4.51. The number of carboxylic acids is 1. The van der Waals surface area contributed by atoms with Crippen molar-refractivity contribution in [2.75, 3.05) is 5.32 Å². The van der Waals surface area contributed by atoms with Gasteiger partial charge in [-0.05, 0) is 25.5 Å². The van der Waals surface area contributed by atoms with Crippen LogP contribution in [-0.4, -0.2) is 25.6 Å². The topological polar surface area (TPSA) is 97.1 Å². The van der Waals surface area contributed by atoms with E-state index in [0.717, 1.165) is 5.69 Å². The van der Waals surface area contributed by atoms with Gasteiger partial charge in [-0.2, -0.15) is 0 Å². The van der Waals surface area contributed by atoms with E-state index in [-0.39, 0.29) is 5.82 Å². The molecule has 7 heteroatoms. The van der Waals surface area contributed by atoms with Gasteiger partial charge in [-0.1, -0.05) is 20.8 Å². The maximum atomic E-state index is 12.3. The van der Waals surface area contributed by atoms with Crippen LogP contribution in [0.5, 0.6) is 0 Å². The van der Waals surface area contributed by atoms with Crippen molar-refractivity contribution in [2.24, 2.45) is 0 Å². The highest BCUT2D eigenvalue weighted by Gasteiger charge is 2.12. The Morgan fingerprint density at radius 2 is 2.04 bits per heavy atom. The molecule has 0 aliphatic rings. The molecule has 0 aliphatic heterocycles. The Kier molecular flexibility index (Phi) is 6.92. The molecule has 2 heterocycles. The summed E-state index contributed by atoms with van der Waals surface area (Å²) in [7, 11) is 0. The molecular formula is C16H22N4O3. The van der Waals surface area contributed by atoms with Crippen LogP contribution >= 0.6 is 0 Å². The van der Waals surface area contributed by atoms with E-state index in [1.165, 1.54) is 10.8 Å². The lowest BCUT2D eigenvalue weighted by Gasteiger charge is -2.12. The number of nitrogens with zero attached hydrogens (tertiary/aromatic N) is 3. The van der Waals surface area contributed by atoms with Gasteiger partial charge in [-0.15, -0.1) is 0 Å². The van der Waals surface area contributed by atoms with Crippen molar-refractivity contribution < 1.29 is 9.90 Å². The van der Waals surface area contributed by atoms with E-state index in [9.17, 15) is 9.59 Å². The van der Waals surface area contributed by atoms with Crippen molar-refractivity contribution in [3.63, 3.8) is 0 Å². The van der Waals surface area contributed by atoms with Crippen LogP contribution in [0.15, 0.2) is 29.3 Å². The molecule has 0 saturated carbocycles. The van der Waals surface area contributed by atoms with Crippen LogP contribution in [0.1, 0.15) is 32.2 Å². The molecule has 2 aromatic rings. The summed E-state index contributed by atoms with van der Waals surface area (Å²) < 4.78 is 1.17. The summed E-state index contributed by atoms with van der Waals surface area (Å²) in [6.45, 7) is 7.21. The van der Waals surface area contributed by atoms with E-state index in [1.807, 2.05) is 20.8 Å². The summed E-state index contributed by atoms with van der Waals surface area (Å²) >= 11 is 0. The zero-order chi connectivity index (χ0) is 17.4. The molecule has 0 aromatic carbocycles. The van der Waals surface area contributed by atoms with Crippen LogP contribution < -0.4 is 10.9 Å². The van der Waals surface area contributed by atoms with Gasteiger partial charge in [-0.3, -0.25) is 19.1 Å². The second kappa shape index (κ2) is 8.67. The number of hydrogen-bond acceptors (Lipinski definition) is 5. The van der Waals surface area contributed by atoms with Gasteiger partial charge in [0.15, 0.2) is 5.82 Å². The lowest BCUT2D eigenvalue weighted by Crippen LogP contribution is -2.28. The highest BCUT2D eigenvalue weighted by molar-refractivity contribution is 5.67. The molecule has 0 saturated heterocycles. The Hall–Kier alpha value is -2.70. The van der Waals surface area contributed by atoms with E-state index in [2.05, 4.69) is 15.3 Å². The van der Waals surface area contributed by atoms with Crippen molar-refractivity contribution in [3.8, 4) is 0 Å².